The molecule has 2 saturated heterocycles. The van der Waals surface area contributed by atoms with Crippen LogP contribution in [0.3, 0.4) is 0 Å². The average molecular weight is 797 g/mol. The molecule has 2 bridgehead atoms. The lowest BCUT2D eigenvalue weighted by Gasteiger charge is -2.53. The van der Waals surface area contributed by atoms with E-state index in [1.807, 2.05) is 32.2 Å². The van der Waals surface area contributed by atoms with Crippen molar-refractivity contribution in [3.63, 3.8) is 0 Å². The second-order valence-electron chi connectivity index (χ2n) is 17.0. The third kappa shape index (κ3) is 7.69. The highest BCUT2D eigenvalue weighted by atomic mass is 35.5. The molecule has 1 spiro atoms. The molecule has 2 aromatic carbocycles. The smallest absolute Gasteiger partial charge is 0.264 e. The Morgan fingerprint density at radius 3 is 2.75 bits per heavy atom. The van der Waals surface area contributed by atoms with Crippen LogP contribution in [-0.2, 0) is 36.1 Å². The summed E-state index contributed by atoms with van der Waals surface area (Å²) in [7, 11) is -0.769. The molecular formula is C42H57ClN4O7S. The Balaban J connectivity index is 1.20. The van der Waals surface area contributed by atoms with E-state index < -0.39 is 26.8 Å². The number of methoxy groups -OCH3 is 2. The van der Waals surface area contributed by atoms with E-state index in [-0.39, 0.29) is 29.4 Å². The van der Waals surface area contributed by atoms with Gasteiger partial charge in [-0.05, 0) is 97.7 Å². The van der Waals surface area contributed by atoms with E-state index in [0.29, 0.717) is 37.3 Å². The number of sulfonamides is 1. The maximum absolute atomic E-state index is 13.9. The normalized spacial score (nSPS) is 34.6. The van der Waals surface area contributed by atoms with Crippen LogP contribution in [0.5, 0.6) is 5.75 Å². The molecule has 0 radical (unpaired) electrons. The van der Waals surface area contributed by atoms with Crippen molar-refractivity contribution in [2.24, 2.45) is 17.8 Å². The van der Waals surface area contributed by atoms with Crippen LogP contribution >= 0.6 is 11.6 Å². The van der Waals surface area contributed by atoms with Crippen molar-refractivity contribution in [2.45, 2.75) is 67.8 Å². The first-order chi connectivity index (χ1) is 26.5. The van der Waals surface area contributed by atoms with E-state index in [4.69, 9.17) is 30.5 Å². The molecule has 0 aromatic heterocycles. The second-order valence-corrected chi connectivity index (χ2v) is 19.3. The monoisotopic (exact) mass is 796 g/mol. The predicted octanol–water partition coefficient (Wildman–Crippen LogP) is 4.91. The van der Waals surface area contributed by atoms with Gasteiger partial charge in [-0.3, -0.25) is 14.6 Å². The van der Waals surface area contributed by atoms with Gasteiger partial charge in [-0.1, -0.05) is 36.7 Å². The molecule has 8 rings (SSSR count). The van der Waals surface area contributed by atoms with Gasteiger partial charge >= 0.3 is 0 Å². The SMILES string of the molecule is COC[C@@H]1[C@@H](C)C/C=C\[C@@](CN2CCN3CCOC[C@@H]3C2)(OC)[C@@H]2CC[C@H]2CN2C[C@@]3(CCCc4cc(Cl)ccc43)COc3ccc(cc32)C(=O)NS1(=O)=O. The van der Waals surface area contributed by atoms with Crippen LogP contribution in [0, 0.1) is 17.8 Å². The molecule has 1 saturated carbocycles. The molecule has 2 aromatic rings. The first-order valence-electron chi connectivity index (χ1n) is 20.2. The lowest BCUT2D eigenvalue weighted by atomic mass is 9.63. The topological polar surface area (TPSA) is 110 Å². The number of ether oxygens (including phenoxy) is 4. The number of carbonyl (C=O) groups excluding carboxylic acids is 1. The zero-order chi connectivity index (χ0) is 38.4. The van der Waals surface area contributed by atoms with Crippen molar-refractivity contribution in [1.82, 2.24) is 14.5 Å². The number of nitrogens with one attached hydrogen (secondary N) is 1. The maximum atomic E-state index is 13.9. The van der Waals surface area contributed by atoms with Gasteiger partial charge in [0.05, 0.1) is 32.1 Å². The molecule has 7 atom stereocenters. The van der Waals surface area contributed by atoms with Crippen LogP contribution in [0.1, 0.15) is 60.5 Å². The number of aryl methyl sites for hydroxylation is 1. The van der Waals surface area contributed by atoms with Crippen LogP contribution in [0.15, 0.2) is 48.6 Å². The van der Waals surface area contributed by atoms with E-state index in [0.717, 1.165) is 95.3 Å². The van der Waals surface area contributed by atoms with E-state index in [1.165, 1.54) is 18.2 Å². The summed E-state index contributed by atoms with van der Waals surface area (Å²) < 4.78 is 55.1. The van der Waals surface area contributed by atoms with Crippen LogP contribution in [0.25, 0.3) is 0 Å². The van der Waals surface area contributed by atoms with Crippen molar-refractivity contribution in [3.05, 3.63) is 70.3 Å². The number of benzene rings is 2. The molecule has 300 valence electrons. The van der Waals surface area contributed by atoms with Crippen molar-refractivity contribution < 1.29 is 32.2 Å². The summed E-state index contributed by atoms with van der Waals surface area (Å²) in [5.41, 5.74) is 2.76. The van der Waals surface area contributed by atoms with Crippen LogP contribution in [-0.4, -0.2) is 127 Å². The molecule has 6 aliphatic rings. The number of halogens is 1. The summed E-state index contributed by atoms with van der Waals surface area (Å²) in [5, 5.41) is -0.197. The zero-order valence-electron chi connectivity index (χ0n) is 32.5. The van der Waals surface area contributed by atoms with Crippen LogP contribution in [0.2, 0.25) is 5.02 Å². The summed E-state index contributed by atoms with van der Waals surface area (Å²) in [6.45, 7) is 9.98. The Kier molecular flexibility index (Phi) is 11.3. The zero-order valence-corrected chi connectivity index (χ0v) is 34.1. The summed E-state index contributed by atoms with van der Waals surface area (Å²) >= 11 is 6.52. The van der Waals surface area contributed by atoms with Gasteiger partial charge in [0.2, 0.25) is 10.0 Å². The van der Waals surface area contributed by atoms with Crippen molar-refractivity contribution in [3.8, 4) is 5.75 Å². The number of hydrogen-bond donors (Lipinski definition) is 1. The molecule has 3 fully saturated rings. The summed E-state index contributed by atoms with van der Waals surface area (Å²) in [6.07, 6.45) is 9.90. The van der Waals surface area contributed by atoms with Gasteiger partial charge in [0.1, 0.15) is 16.6 Å². The molecule has 4 aliphatic heterocycles. The standard InChI is InChI=1S/C42H57ClN4O7S/c1-29-6-4-15-42(52-3,27-45-16-17-46-18-19-53-24-34(46)23-45)36-11-8-32(36)22-47-26-41(14-5-7-30-20-33(43)10-12-35(30)41)28-54-38-13-9-31(21-37(38)47)40(48)44-55(49,50)39(29)25-51-2/h4,9-10,12-13,15,20-21,29,32,34,36,39H,5-8,11,14,16-19,22-28H2,1-3H3,(H,44,48)/b15-4-/t29-,32-,34-,36+,39+,41-,42-/m0/s1. The minimum Gasteiger partial charge on any atom is -0.490 e. The number of carbonyl (C=O) groups is 1. The van der Waals surface area contributed by atoms with Crippen LogP contribution in [0.4, 0.5) is 5.69 Å². The lowest BCUT2D eigenvalue weighted by molar-refractivity contribution is -0.108. The van der Waals surface area contributed by atoms with Gasteiger partial charge in [-0.25, -0.2) is 13.1 Å². The van der Waals surface area contributed by atoms with E-state index in [1.54, 1.807) is 6.07 Å². The predicted molar refractivity (Wildman–Crippen MR) is 214 cm³/mol. The largest absolute Gasteiger partial charge is 0.490 e. The number of morpholine rings is 1. The molecule has 4 heterocycles. The summed E-state index contributed by atoms with van der Waals surface area (Å²) in [4.78, 5) is 21.4. The highest BCUT2D eigenvalue weighted by Gasteiger charge is 2.50. The first kappa shape index (κ1) is 39.1. The van der Waals surface area contributed by atoms with E-state index in [2.05, 4.69) is 43.7 Å². The molecular weight excluding hydrogens is 740 g/mol. The Hall–Kier alpha value is -2.71. The van der Waals surface area contributed by atoms with Gasteiger partial charge < -0.3 is 23.8 Å². The lowest BCUT2D eigenvalue weighted by Crippen LogP contribution is -2.62. The Morgan fingerprint density at radius 2 is 1.95 bits per heavy atom. The molecule has 55 heavy (non-hydrogen) atoms. The Labute approximate surface area is 331 Å². The number of amides is 1. The fourth-order valence-electron chi connectivity index (χ4n) is 10.5. The van der Waals surface area contributed by atoms with Gasteiger partial charge in [0.25, 0.3) is 5.91 Å². The summed E-state index contributed by atoms with van der Waals surface area (Å²) in [5.74, 6) is 0.252. The maximum Gasteiger partial charge on any atom is 0.264 e. The molecule has 11 nitrogen and oxygen atoms in total. The molecule has 1 amide bonds. The highest BCUT2D eigenvalue weighted by molar-refractivity contribution is 7.90. The first-order valence-corrected chi connectivity index (χ1v) is 22.1. The Morgan fingerprint density at radius 1 is 1.07 bits per heavy atom. The van der Waals surface area contributed by atoms with E-state index in [9.17, 15) is 13.2 Å². The molecule has 1 N–H and O–H groups in total. The summed E-state index contributed by atoms with van der Waals surface area (Å²) in [6, 6.07) is 12.0. The fraction of sp³-hybridized carbons (Fsp3) is 0.643. The minimum absolute atomic E-state index is 0.0357. The van der Waals surface area contributed by atoms with Crippen molar-refractivity contribution in [2.75, 3.05) is 91.4 Å². The number of anilines is 1. The van der Waals surface area contributed by atoms with Gasteiger partial charge in [-0.2, -0.15) is 0 Å². The number of hydrogen-bond acceptors (Lipinski definition) is 10. The molecule has 13 heteroatoms. The third-order valence-corrected chi connectivity index (χ3v) is 15.8. The quantitative estimate of drug-likeness (QED) is 0.420. The number of nitrogens with zero attached hydrogens (tertiary/aromatic N) is 3. The van der Waals surface area contributed by atoms with E-state index >= 15 is 0 Å². The number of piperazine rings is 1. The number of rotatable bonds is 5. The third-order valence-electron chi connectivity index (χ3n) is 13.7. The molecule has 0 unspecified atom stereocenters. The average Bonchev–Trinajstić information content (AvgIpc) is 3.31. The van der Waals surface area contributed by atoms with Crippen molar-refractivity contribution in [1.29, 1.82) is 0 Å². The number of allylic oxidation sites excluding steroid dienone is 1. The fourth-order valence-corrected chi connectivity index (χ4v) is 12.2. The molecule has 2 aliphatic carbocycles. The van der Waals surface area contributed by atoms with Gasteiger partial charge in [-0.15, -0.1) is 0 Å². The van der Waals surface area contributed by atoms with Gasteiger partial charge in [0.15, 0.2) is 0 Å². The van der Waals surface area contributed by atoms with Crippen LogP contribution < -0.4 is 14.4 Å². The minimum atomic E-state index is -4.11. The highest BCUT2D eigenvalue weighted by Crippen LogP contribution is 2.49. The van der Waals surface area contributed by atoms with Gasteiger partial charge in [0, 0.05) is 82.1 Å². The second kappa shape index (κ2) is 15.9. The number of fused-ring (bicyclic) bond motifs is 5. The van der Waals surface area contributed by atoms with Crippen molar-refractivity contribution >= 4 is 33.2 Å². The Bertz CT molecular complexity index is 1880.